The number of aryl methyl sites for hydroxylation is 1. The van der Waals surface area contributed by atoms with Crippen molar-refractivity contribution >= 4 is 21.6 Å². The lowest BCUT2D eigenvalue weighted by Gasteiger charge is -2.38. The third-order valence-corrected chi connectivity index (χ3v) is 6.00. The summed E-state index contributed by atoms with van der Waals surface area (Å²) in [5, 5.41) is 10.9. The molecule has 1 amide bonds. The van der Waals surface area contributed by atoms with Crippen molar-refractivity contribution in [1.82, 2.24) is 4.90 Å². The largest absolute Gasteiger partial charge is 0.416 e. The number of nitrogens with zero attached hydrogens (tertiary/aromatic N) is 1. The number of alkyl halides is 3. The number of nitrogens with one attached hydrogen (secondary N) is 1. The SMILES string of the molecule is Cc1ccc(C(=O)N2CCC(O)(c3ccc(C(F)(F)F)cc3)CC2)cc1NS(C)(=O)=O. The van der Waals surface area contributed by atoms with Crippen LogP contribution < -0.4 is 4.72 Å². The Morgan fingerprint density at radius 2 is 1.68 bits per heavy atom. The predicted octanol–water partition coefficient (Wildman–Crippen LogP) is 3.51. The van der Waals surface area contributed by atoms with E-state index in [0.29, 0.717) is 22.4 Å². The normalized spacial score (nSPS) is 16.8. The Kier molecular flexibility index (Phi) is 6.07. The number of anilines is 1. The standard InChI is InChI=1S/C21H23F3N2O4S/c1-14-3-4-15(13-18(14)25-31(2,29)30)19(27)26-11-9-20(28,10-12-26)16-5-7-17(8-6-16)21(22,23)24/h3-8,13,25,28H,9-12H2,1-2H3. The average Bonchev–Trinajstić information content (AvgIpc) is 2.68. The van der Waals surface area contributed by atoms with Crippen LogP contribution in [-0.4, -0.2) is 43.7 Å². The summed E-state index contributed by atoms with van der Waals surface area (Å²) in [6.07, 6.45) is -3.09. The van der Waals surface area contributed by atoms with E-state index in [0.717, 1.165) is 18.4 Å². The number of rotatable bonds is 4. The number of piperidine rings is 1. The number of sulfonamides is 1. The van der Waals surface area contributed by atoms with Crippen molar-refractivity contribution in [1.29, 1.82) is 0 Å². The molecule has 168 valence electrons. The van der Waals surface area contributed by atoms with Gasteiger partial charge in [-0.1, -0.05) is 18.2 Å². The van der Waals surface area contributed by atoms with Crippen LogP contribution in [0.3, 0.4) is 0 Å². The molecule has 0 unspecified atom stereocenters. The number of aliphatic hydroxyl groups is 1. The zero-order valence-corrected chi connectivity index (χ0v) is 17.8. The number of amides is 1. The lowest BCUT2D eigenvalue weighted by molar-refractivity contribution is -0.137. The smallest absolute Gasteiger partial charge is 0.385 e. The Balaban J connectivity index is 1.72. The van der Waals surface area contributed by atoms with E-state index in [1.54, 1.807) is 19.1 Å². The number of hydrogen-bond acceptors (Lipinski definition) is 4. The molecule has 1 heterocycles. The van der Waals surface area contributed by atoms with Crippen LogP contribution in [0.2, 0.25) is 0 Å². The van der Waals surface area contributed by atoms with Crippen molar-refractivity contribution < 1.29 is 31.5 Å². The third-order valence-electron chi connectivity index (χ3n) is 5.41. The molecule has 10 heteroatoms. The van der Waals surface area contributed by atoms with Gasteiger partial charge >= 0.3 is 6.18 Å². The molecule has 0 atom stereocenters. The van der Waals surface area contributed by atoms with Gasteiger partial charge in [0.05, 0.1) is 23.1 Å². The van der Waals surface area contributed by atoms with Crippen molar-refractivity contribution in [3.05, 3.63) is 64.7 Å². The van der Waals surface area contributed by atoms with Gasteiger partial charge in [-0.15, -0.1) is 0 Å². The molecule has 3 rings (SSSR count). The highest BCUT2D eigenvalue weighted by Crippen LogP contribution is 2.36. The van der Waals surface area contributed by atoms with E-state index in [1.165, 1.54) is 23.1 Å². The summed E-state index contributed by atoms with van der Waals surface area (Å²) in [6, 6.07) is 9.12. The van der Waals surface area contributed by atoms with Crippen LogP contribution in [0.1, 0.15) is 39.9 Å². The van der Waals surface area contributed by atoms with E-state index >= 15 is 0 Å². The topological polar surface area (TPSA) is 86.7 Å². The average molecular weight is 456 g/mol. The molecule has 1 aliphatic rings. The lowest BCUT2D eigenvalue weighted by Crippen LogP contribution is -2.45. The fourth-order valence-corrected chi connectivity index (χ4v) is 4.20. The summed E-state index contributed by atoms with van der Waals surface area (Å²) in [5.74, 6) is -0.314. The van der Waals surface area contributed by atoms with E-state index in [4.69, 9.17) is 0 Å². The molecular formula is C21H23F3N2O4S. The Labute approximate surface area is 178 Å². The van der Waals surface area contributed by atoms with E-state index in [-0.39, 0.29) is 31.8 Å². The minimum absolute atomic E-state index is 0.171. The van der Waals surface area contributed by atoms with Crippen molar-refractivity contribution in [3.63, 3.8) is 0 Å². The first-order valence-corrected chi connectivity index (χ1v) is 11.5. The van der Waals surface area contributed by atoms with Crippen molar-refractivity contribution in [3.8, 4) is 0 Å². The minimum Gasteiger partial charge on any atom is -0.385 e. The second-order valence-corrected chi connectivity index (χ2v) is 9.55. The van der Waals surface area contributed by atoms with Gasteiger partial charge in [0.2, 0.25) is 10.0 Å². The Morgan fingerprint density at radius 1 is 1.10 bits per heavy atom. The molecule has 2 aromatic carbocycles. The minimum atomic E-state index is -4.45. The maximum atomic E-state index is 12.9. The highest BCUT2D eigenvalue weighted by Gasteiger charge is 2.37. The zero-order chi connectivity index (χ0) is 23.0. The monoisotopic (exact) mass is 456 g/mol. The van der Waals surface area contributed by atoms with E-state index in [1.807, 2.05) is 0 Å². The van der Waals surface area contributed by atoms with Crippen LogP contribution in [0.15, 0.2) is 42.5 Å². The van der Waals surface area contributed by atoms with Gasteiger partial charge < -0.3 is 10.0 Å². The number of carbonyl (C=O) groups is 1. The second kappa shape index (κ2) is 8.16. The van der Waals surface area contributed by atoms with Crippen molar-refractivity contribution in [2.45, 2.75) is 31.5 Å². The molecule has 0 bridgehead atoms. The predicted molar refractivity (Wildman–Crippen MR) is 110 cm³/mol. The first kappa shape index (κ1) is 23.1. The van der Waals surface area contributed by atoms with Crippen LogP contribution >= 0.6 is 0 Å². The molecule has 2 aromatic rings. The van der Waals surface area contributed by atoms with Crippen LogP contribution in [0.25, 0.3) is 0 Å². The van der Waals surface area contributed by atoms with Gasteiger partial charge in [-0.3, -0.25) is 9.52 Å². The molecule has 0 aromatic heterocycles. The van der Waals surface area contributed by atoms with Gasteiger partial charge in [0.25, 0.3) is 5.91 Å². The summed E-state index contributed by atoms with van der Waals surface area (Å²) in [4.78, 5) is 14.4. The Hall–Kier alpha value is -2.59. The first-order chi connectivity index (χ1) is 14.3. The van der Waals surface area contributed by atoms with E-state index in [9.17, 15) is 31.5 Å². The van der Waals surface area contributed by atoms with E-state index < -0.39 is 27.4 Å². The number of hydrogen-bond donors (Lipinski definition) is 2. The molecular weight excluding hydrogens is 433 g/mol. The van der Waals surface area contributed by atoms with Crippen LogP contribution in [0.5, 0.6) is 0 Å². The maximum Gasteiger partial charge on any atom is 0.416 e. The van der Waals surface area contributed by atoms with Gasteiger partial charge in [0.15, 0.2) is 0 Å². The van der Waals surface area contributed by atoms with Gasteiger partial charge in [-0.05, 0) is 55.2 Å². The van der Waals surface area contributed by atoms with Gasteiger partial charge in [-0.2, -0.15) is 13.2 Å². The molecule has 6 nitrogen and oxygen atoms in total. The molecule has 31 heavy (non-hydrogen) atoms. The van der Waals surface area contributed by atoms with Crippen LogP contribution in [-0.2, 0) is 21.8 Å². The lowest BCUT2D eigenvalue weighted by atomic mass is 9.84. The first-order valence-electron chi connectivity index (χ1n) is 9.56. The number of carbonyl (C=O) groups excluding carboxylic acids is 1. The summed E-state index contributed by atoms with van der Waals surface area (Å²) in [6.45, 7) is 2.13. The van der Waals surface area contributed by atoms with Gasteiger partial charge in [-0.25, -0.2) is 8.42 Å². The fourth-order valence-electron chi connectivity index (χ4n) is 3.59. The van der Waals surface area contributed by atoms with E-state index in [2.05, 4.69) is 4.72 Å². The number of likely N-dealkylation sites (tertiary alicyclic amines) is 1. The van der Waals surface area contributed by atoms with Gasteiger partial charge in [0.1, 0.15) is 0 Å². The molecule has 2 N–H and O–H groups in total. The summed E-state index contributed by atoms with van der Waals surface area (Å²) in [7, 11) is -3.50. The highest BCUT2D eigenvalue weighted by molar-refractivity contribution is 7.92. The number of halogens is 3. The third kappa shape index (κ3) is 5.37. The highest BCUT2D eigenvalue weighted by atomic mass is 32.2. The molecule has 0 radical (unpaired) electrons. The Morgan fingerprint density at radius 3 is 2.19 bits per heavy atom. The number of benzene rings is 2. The molecule has 0 spiro atoms. The zero-order valence-electron chi connectivity index (χ0n) is 17.0. The summed E-state index contributed by atoms with van der Waals surface area (Å²) in [5.41, 5.74) is -0.453. The molecule has 1 fully saturated rings. The van der Waals surface area contributed by atoms with Crippen LogP contribution in [0.4, 0.5) is 18.9 Å². The van der Waals surface area contributed by atoms with Gasteiger partial charge in [0, 0.05) is 18.7 Å². The molecule has 1 aliphatic heterocycles. The Bertz CT molecular complexity index is 1070. The van der Waals surface area contributed by atoms with Crippen LogP contribution in [0, 0.1) is 6.92 Å². The fraction of sp³-hybridized carbons (Fsp3) is 0.381. The summed E-state index contributed by atoms with van der Waals surface area (Å²) < 4.78 is 63.7. The van der Waals surface area contributed by atoms with Crippen molar-refractivity contribution in [2.24, 2.45) is 0 Å². The molecule has 0 saturated carbocycles. The molecule has 0 aliphatic carbocycles. The maximum absolute atomic E-state index is 12.9. The summed E-state index contributed by atoms with van der Waals surface area (Å²) >= 11 is 0. The molecule has 1 saturated heterocycles. The quantitative estimate of drug-likeness (QED) is 0.737. The second-order valence-electron chi connectivity index (χ2n) is 7.80. The van der Waals surface area contributed by atoms with Crippen molar-refractivity contribution in [2.75, 3.05) is 24.1 Å².